The van der Waals surface area contributed by atoms with E-state index in [1.54, 1.807) is 11.3 Å². The van der Waals surface area contributed by atoms with Gasteiger partial charge in [-0.25, -0.2) is 0 Å². The summed E-state index contributed by atoms with van der Waals surface area (Å²) in [5.41, 5.74) is 4.29. The van der Waals surface area contributed by atoms with Crippen molar-refractivity contribution < 1.29 is 43.0 Å². The first-order valence-electron chi connectivity index (χ1n) is 20.3. The van der Waals surface area contributed by atoms with Crippen molar-refractivity contribution in [2.45, 2.75) is 52.1 Å². The molecule has 19 nitrogen and oxygen atoms in total. The molecule has 3 aliphatic heterocycles. The van der Waals surface area contributed by atoms with E-state index in [2.05, 4.69) is 50.2 Å². The second kappa shape index (κ2) is 18.4. The quantitative estimate of drug-likeness (QED) is 0.0731. The van der Waals surface area contributed by atoms with Crippen molar-refractivity contribution in [2.24, 2.45) is 15.2 Å². The molecule has 5 aromatic rings. The summed E-state index contributed by atoms with van der Waals surface area (Å²) < 4.78 is 18.8. The molecule has 21 heteroatoms. The van der Waals surface area contributed by atoms with Crippen LogP contribution >= 0.6 is 22.9 Å². The second-order valence-electron chi connectivity index (χ2n) is 15.2. The number of carbonyl (C=O) groups is 6. The number of azo groups is 1. The van der Waals surface area contributed by atoms with Crippen LogP contribution in [0.15, 0.2) is 69.8 Å². The summed E-state index contributed by atoms with van der Waals surface area (Å²) in [7, 11) is 2.79. The number of rotatable bonds is 14. The summed E-state index contributed by atoms with van der Waals surface area (Å²) in [6, 6.07) is 13.0. The first-order valence-corrected chi connectivity index (χ1v) is 21.5. The van der Waals surface area contributed by atoms with Gasteiger partial charge in [0, 0.05) is 52.7 Å². The van der Waals surface area contributed by atoms with Crippen molar-refractivity contribution in [3.8, 4) is 22.2 Å². The number of hydrogen-bond donors (Lipinski definition) is 3. The van der Waals surface area contributed by atoms with Crippen molar-refractivity contribution in [1.29, 1.82) is 0 Å². The van der Waals surface area contributed by atoms with Crippen LogP contribution in [0.5, 0.6) is 17.2 Å². The summed E-state index contributed by atoms with van der Waals surface area (Å²) >= 11 is 7.84. The number of benzene rings is 3. The Labute approximate surface area is 380 Å². The van der Waals surface area contributed by atoms with Gasteiger partial charge in [0.2, 0.25) is 23.5 Å². The van der Waals surface area contributed by atoms with E-state index in [1.807, 2.05) is 35.8 Å². The number of thiophene rings is 1. The van der Waals surface area contributed by atoms with E-state index >= 15 is 0 Å². The number of nitrogens with one attached hydrogen (secondary N) is 3. The van der Waals surface area contributed by atoms with E-state index in [0.717, 1.165) is 37.2 Å². The first kappa shape index (κ1) is 44.3. The molecule has 2 unspecified atom stereocenters. The topological polar surface area (TPSA) is 237 Å². The molecular formula is C44H41ClN10O9S. The van der Waals surface area contributed by atoms with Crippen LogP contribution in [-0.4, -0.2) is 101 Å². The highest BCUT2D eigenvalue weighted by molar-refractivity contribution is 7.15. The monoisotopic (exact) mass is 920 g/mol. The number of imide groups is 2. The van der Waals surface area contributed by atoms with Crippen LogP contribution in [-0.2, 0) is 19.2 Å². The van der Waals surface area contributed by atoms with E-state index in [1.165, 1.54) is 44.6 Å². The fourth-order valence-corrected chi connectivity index (χ4v) is 9.02. The van der Waals surface area contributed by atoms with E-state index < -0.39 is 48.2 Å². The third-order valence-electron chi connectivity index (χ3n) is 11.0. The largest absolute Gasteiger partial charge is 0.493 e. The Morgan fingerprint density at radius 1 is 0.877 bits per heavy atom. The Bertz CT molecular complexity index is 2830. The molecule has 0 saturated carbocycles. The molecule has 0 radical (unpaired) electrons. The summed E-state index contributed by atoms with van der Waals surface area (Å²) in [5, 5.41) is 26.5. The maximum Gasteiger partial charge on any atom is 0.262 e. The SMILES string of the molecule is COc1cc(N=Nc2ccc3c(c2)C(=O)N(C2CCC(=O)NC2=O)C3=O)cc(OC)c1OCC(=O)NCCNC(=O)CC1N=C(c2ccc(Cl)cc2)c2c(sc(C)c2C)-n2c(C)nnc21. The number of aliphatic imine (C=N–C) groups is 1. The van der Waals surface area contributed by atoms with Crippen LogP contribution in [0.3, 0.4) is 0 Å². The van der Waals surface area contributed by atoms with Crippen molar-refractivity contribution in [1.82, 2.24) is 35.6 Å². The summed E-state index contributed by atoms with van der Waals surface area (Å²) in [6.45, 7) is 5.80. The van der Waals surface area contributed by atoms with Gasteiger partial charge in [0.15, 0.2) is 23.9 Å². The maximum absolute atomic E-state index is 13.4. The van der Waals surface area contributed by atoms with Gasteiger partial charge in [-0.3, -0.25) is 48.5 Å². The summed E-state index contributed by atoms with van der Waals surface area (Å²) in [5.74, 6) is -1.55. The Kier molecular flexibility index (Phi) is 12.6. The number of carbonyl (C=O) groups excluding carboxylic acids is 6. The molecule has 3 aliphatic rings. The molecule has 3 N–H and O–H groups in total. The molecule has 334 valence electrons. The highest BCUT2D eigenvalue weighted by atomic mass is 35.5. The molecule has 8 rings (SSSR count). The van der Waals surface area contributed by atoms with E-state index in [4.69, 9.17) is 30.8 Å². The normalized spacial score (nSPS) is 16.6. The summed E-state index contributed by atoms with van der Waals surface area (Å²) in [4.78, 5) is 83.7. The highest BCUT2D eigenvalue weighted by Gasteiger charge is 2.44. The van der Waals surface area contributed by atoms with Crippen molar-refractivity contribution in [3.05, 3.63) is 104 Å². The first-order chi connectivity index (χ1) is 31.3. The van der Waals surface area contributed by atoms with Crippen molar-refractivity contribution in [2.75, 3.05) is 33.9 Å². The third kappa shape index (κ3) is 8.81. The molecule has 3 aromatic carbocycles. The minimum Gasteiger partial charge on any atom is -0.493 e. The van der Waals surface area contributed by atoms with Gasteiger partial charge in [-0.1, -0.05) is 23.7 Å². The van der Waals surface area contributed by atoms with Crippen LogP contribution in [0.25, 0.3) is 5.00 Å². The number of methoxy groups -OCH3 is 2. The molecule has 0 spiro atoms. The van der Waals surface area contributed by atoms with Crippen LogP contribution in [0.2, 0.25) is 5.02 Å². The molecule has 0 bridgehead atoms. The highest BCUT2D eigenvalue weighted by Crippen LogP contribution is 2.42. The molecule has 0 aliphatic carbocycles. The zero-order valence-corrected chi connectivity index (χ0v) is 37.3. The van der Waals surface area contributed by atoms with Gasteiger partial charge in [-0.15, -0.1) is 21.5 Å². The number of fused-ring (bicyclic) bond motifs is 4. The standard InChI is InChI=1S/C44H41ClN10O9S/c1-21-22(2)65-44-37(21)38(24-6-8-25(45)9-7-24)48-30(40-53-50-23(3)54(40)44)19-35(57)46-14-15-47-36(58)20-64-39-32(62-4)17-27(18-33(39)63-5)52-51-26-10-11-28-29(16-26)43(61)55(42(28)60)31-12-13-34(56)49-41(31)59/h6-11,16-18,30-31H,12-15,19-20H2,1-5H3,(H,46,57)(H,47,58)(H,49,56,59). The number of aryl methyl sites for hydroxylation is 2. The van der Waals surface area contributed by atoms with Crippen molar-refractivity contribution >= 4 is 75.5 Å². The molecule has 1 saturated heterocycles. The smallest absolute Gasteiger partial charge is 0.262 e. The minimum absolute atomic E-state index is 0.00539. The lowest BCUT2D eigenvalue weighted by molar-refractivity contribution is -0.136. The van der Waals surface area contributed by atoms with Gasteiger partial charge >= 0.3 is 0 Å². The molecule has 2 atom stereocenters. The second-order valence-corrected chi connectivity index (χ2v) is 16.8. The molecule has 65 heavy (non-hydrogen) atoms. The molecule has 1 fully saturated rings. The molecule has 6 amide bonds. The lowest BCUT2D eigenvalue weighted by atomic mass is 9.99. The van der Waals surface area contributed by atoms with Crippen LogP contribution < -0.4 is 30.2 Å². The van der Waals surface area contributed by atoms with Gasteiger partial charge in [0.05, 0.1) is 48.9 Å². The average molecular weight is 921 g/mol. The number of halogens is 1. The number of piperidine rings is 1. The number of hydrogen-bond acceptors (Lipinski definition) is 15. The van der Waals surface area contributed by atoms with Crippen LogP contribution in [0.4, 0.5) is 11.4 Å². The zero-order valence-electron chi connectivity index (χ0n) is 35.7. The van der Waals surface area contributed by atoms with E-state index in [-0.39, 0.29) is 78.0 Å². The lowest BCUT2D eigenvalue weighted by Gasteiger charge is -2.27. The van der Waals surface area contributed by atoms with Gasteiger partial charge in [0.25, 0.3) is 17.7 Å². The fourth-order valence-electron chi connectivity index (χ4n) is 7.68. The number of aromatic nitrogens is 3. The Morgan fingerprint density at radius 2 is 1.55 bits per heavy atom. The molecule has 2 aromatic heterocycles. The van der Waals surface area contributed by atoms with Crippen LogP contribution in [0, 0.1) is 20.8 Å². The van der Waals surface area contributed by atoms with Gasteiger partial charge in [-0.05, 0) is 63.1 Å². The fraction of sp³-hybridized carbons (Fsp3) is 0.295. The average Bonchev–Trinajstić information content (AvgIpc) is 3.86. The summed E-state index contributed by atoms with van der Waals surface area (Å²) in [6.07, 6.45) is 0.0193. The molecular weight excluding hydrogens is 880 g/mol. The van der Waals surface area contributed by atoms with Gasteiger partial charge in [-0.2, -0.15) is 10.2 Å². The predicted octanol–water partition coefficient (Wildman–Crippen LogP) is 5.33. The van der Waals surface area contributed by atoms with E-state index in [9.17, 15) is 28.8 Å². The number of amides is 6. The van der Waals surface area contributed by atoms with Crippen molar-refractivity contribution in [3.63, 3.8) is 0 Å². The number of ether oxygens (including phenoxy) is 3. The Hall–Kier alpha value is -7.32. The number of nitrogens with zero attached hydrogens (tertiary/aromatic N) is 7. The lowest BCUT2D eigenvalue weighted by Crippen LogP contribution is -2.54. The Morgan fingerprint density at radius 3 is 2.25 bits per heavy atom. The van der Waals surface area contributed by atoms with Gasteiger partial charge < -0.3 is 24.8 Å². The minimum atomic E-state index is -1.10. The maximum atomic E-state index is 13.4. The van der Waals surface area contributed by atoms with Crippen LogP contribution in [0.1, 0.15) is 79.2 Å². The van der Waals surface area contributed by atoms with Gasteiger partial charge in [0.1, 0.15) is 22.9 Å². The molecule has 5 heterocycles. The zero-order chi connectivity index (χ0) is 46.1. The van der Waals surface area contributed by atoms with E-state index in [0.29, 0.717) is 16.7 Å². The Balaban J connectivity index is 0.869. The third-order valence-corrected chi connectivity index (χ3v) is 12.4. The predicted molar refractivity (Wildman–Crippen MR) is 236 cm³/mol.